The molecule has 7 heteroatoms. The number of anilines is 1. The van der Waals surface area contributed by atoms with Gasteiger partial charge >= 0.3 is 0 Å². The smallest absolute Gasteiger partial charge is 0.255 e. The zero-order chi connectivity index (χ0) is 18.6. The van der Waals surface area contributed by atoms with Crippen LogP contribution < -0.4 is 11.1 Å². The van der Waals surface area contributed by atoms with Crippen molar-refractivity contribution >= 4 is 29.3 Å². The monoisotopic (exact) mass is 342 g/mol. The predicted molar refractivity (Wildman–Crippen MR) is 90.6 cm³/mol. The Labute approximate surface area is 144 Å². The Morgan fingerprint density at radius 2 is 1.68 bits per heavy atom. The average molecular weight is 342 g/mol. The number of ketones is 2. The number of carbonyl (C=O) groups is 4. The highest BCUT2D eigenvalue weighted by atomic mass is 16.4. The maximum atomic E-state index is 12.1. The molecule has 0 aliphatic rings. The first-order valence-corrected chi connectivity index (χ1v) is 7.63. The summed E-state index contributed by atoms with van der Waals surface area (Å²) in [6.45, 7) is 2.77. The molecule has 0 aliphatic carbocycles. The van der Waals surface area contributed by atoms with E-state index in [9.17, 15) is 19.2 Å². The second-order valence-electron chi connectivity index (χ2n) is 5.50. The van der Waals surface area contributed by atoms with E-state index in [0.717, 1.165) is 0 Å². The average Bonchev–Trinajstić information content (AvgIpc) is 2.89. The van der Waals surface area contributed by atoms with Crippen LogP contribution >= 0.6 is 0 Å². The number of amides is 2. The van der Waals surface area contributed by atoms with Crippen LogP contribution in [0.4, 0.5) is 5.88 Å². The van der Waals surface area contributed by atoms with E-state index in [4.69, 9.17) is 10.2 Å². The summed E-state index contributed by atoms with van der Waals surface area (Å²) in [5.41, 5.74) is 5.68. The lowest BCUT2D eigenvalue weighted by Gasteiger charge is -2.04. The number of hydrogen-bond donors (Lipinski definition) is 2. The van der Waals surface area contributed by atoms with Crippen LogP contribution in [0.15, 0.2) is 34.7 Å². The zero-order valence-corrected chi connectivity index (χ0v) is 13.9. The molecule has 1 heterocycles. The summed E-state index contributed by atoms with van der Waals surface area (Å²) in [7, 11) is 0. The second-order valence-corrected chi connectivity index (χ2v) is 5.50. The number of hydrogen-bond acceptors (Lipinski definition) is 5. The largest absolute Gasteiger partial charge is 0.444 e. The molecule has 1 aromatic heterocycles. The van der Waals surface area contributed by atoms with E-state index in [2.05, 4.69) is 5.32 Å². The predicted octanol–water partition coefficient (Wildman–Crippen LogP) is 2.49. The van der Waals surface area contributed by atoms with Gasteiger partial charge in [-0.15, -0.1) is 0 Å². The minimum atomic E-state index is -0.877. The number of nitrogens with two attached hydrogens (primary N) is 1. The lowest BCUT2D eigenvalue weighted by Crippen LogP contribution is -2.19. The second kappa shape index (κ2) is 7.57. The Hall–Kier alpha value is -3.22. The SMILES string of the molecule is CC(=O)c1c(C)oc(NC(=O)CCC(=O)c2ccccc2)c1C(N)=O. The summed E-state index contributed by atoms with van der Waals surface area (Å²) >= 11 is 0. The molecule has 0 atom stereocenters. The first-order valence-electron chi connectivity index (χ1n) is 7.63. The molecule has 0 aliphatic heterocycles. The van der Waals surface area contributed by atoms with Gasteiger partial charge in [-0.05, 0) is 13.8 Å². The molecule has 0 spiro atoms. The van der Waals surface area contributed by atoms with Crippen molar-refractivity contribution in [2.75, 3.05) is 5.32 Å². The number of primary amides is 1. The van der Waals surface area contributed by atoms with Crippen LogP contribution in [-0.4, -0.2) is 23.4 Å². The lowest BCUT2D eigenvalue weighted by molar-refractivity contribution is -0.116. The third kappa shape index (κ3) is 4.20. The quantitative estimate of drug-likeness (QED) is 0.749. The van der Waals surface area contributed by atoms with Crippen LogP contribution in [0.3, 0.4) is 0 Å². The van der Waals surface area contributed by atoms with E-state index in [-0.39, 0.29) is 41.4 Å². The normalized spacial score (nSPS) is 10.3. The topological polar surface area (TPSA) is 119 Å². The van der Waals surface area contributed by atoms with Crippen molar-refractivity contribution in [2.24, 2.45) is 5.73 Å². The highest BCUT2D eigenvalue weighted by Gasteiger charge is 2.26. The number of Topliss-reactive ketones (excluding diaryl/α,β-unsaturated/α-hetero) is 2. The fraction of sp³-hybridized carbons (Fsp3) is 0.222. The molecule has 0 bridgehead atoms. The number of nitrogens with one attached hydrogen (secondary N) is 1. The first kappa shape index (κ1) is 18.1. The zero-order valence-electron chi connectivity index (χ0n) is 13.9. The highest BCUT2D eigenvalue weighted by molar-refractivity contribution is 6.12. The summed E-state index contributed by atoms with van der Waals surface area (Å²) in [4.78, 5) is 47.3. The molecule has 0 fully saturated rings. The molecule has 3 N–H and O–H groups in total. The molecule has 7 nitrogen and oxygen atoms in total. The van der Waals surface area contributed by atoms with Crippen LogP contribution in [0, 0.1) is 6.92 Å². The van der Waals surface area contributed by atoms with Gasteiger partial charge in [0, 0.05) is 18.4 Å². The van der Waals surface area contributed by atoms with Gasteiger partial charge in [-0.1, -0.05) is 30.3 Å². The molecule has 25 heavy (non-hydrogen) atoms. The minimum absolute atomic E-state index is 0.001000. The molecule has 0 saturated heterocycles. The van der Waals surface area contributed by atoms with E-state index in [0.29, 0.717) is 5.56 Å². The van der Waals surface area contributed by atoms with E-state index >= 15 is 0 Å². The Bertz CT molecular complexity index is 837. The van der Waals surface area contributed by atoms with Gasteiger partial charge in [0.1, 0.15) is 11.3 Å². The van der Waals surface area contributed by atoms with Gasteiger partial charge in [-0.3, -0.25) is 24.5 Å². The van der Waals surface area contributed by atoms with Crippen LogP contribution in [0.2, 0.25) is 0 Å². The number of aryl methyl sites for hydroxylation is 1. The van der Waals surface area contributed by atoms with Crippen molar-refractivity contribution in [3.05, 3.63) is 52.8 Å². The molecule has 2 aromatic rings. The van der Waals surface area contributed by atoms with Crippen molar-refractivity contribution < 1.29 is 23.6 Å². The van der Waals surface area contributed by atoms with E-state index in [1.807, 2.05) is 0 Å². The van der Waals surface area contributed by atoms with Crippen LogP contribution in [0.1, 0.15) is 56.6 Å². The third-order valence-electron chi connectivity index (χ3n) is 3.61. The van der Waals surface area contributed by atoms with Crippen molar-refractivity contribution in [1.82, 2.24) is 0 Å². The van der Waals surface area contributed by atoms with E-state index in [1.165, 1.54) is 13.8 Å². The number of benzene rings is 1. The number of rotatable bonds is 7. The fourth-order valence-corrected chi connectivity index (χ4v) is 2.48. The van der Waals surface area contributed by atoms with Crippen molar-refractivity contribution in [3.8, 4) is 0 Å². The van der Waals surface area contributed by atoms with Crippen LogP contribution in [0.25, 0.3) is 0 Å². The molecule has 0 saturated carbocycles. The van der Waals surface area contributed by atoms with Gasteiger partial charge in [-0.2, -0.15) is 0 Å². The summed E-state index contributed by atoms with van der Waals surface area (Å²) in [6, 6.07) is 8.60. The van der Waals surface area contributed by atoms with Crippen molar-refractivity contribution in [3.63, 3.8) is 0 Å². The number of furan rings is 1. The van der Waals surface area contributed by atoms with Gasteiger partial charge in [0.05, 0.1) is 5.56 Å². The molecule has 1 aromatic carbocycles. The summed E-state index contributed by atoms with van der Waals surface area (Å²) in [5.74, 6) is -1.95. The van der Waals surface area contributed by atoms with Gasteiger partial charge in [0.25, 0.3) is 5.91 Å². The maximum absolute atomic E-state index is 12.1. The van der Waals surface area contributed by atoms with Crippen molar-refractivity contribution in [2.45, 2.75) is 26.7 Å². The van der Waals surface area contributed by atoms with Crippen LogP contribution in [0.5, 0.6) is 0 Å². The Balaban J connectivity index is 2.08. The molecule has 2 amide bonds. The lowest BCUT2D eigenvalue weighted by atomic mass is 10.1. The molecular weight excluding hydrogens is 324 g/mol. The first-order chi connectivity index (χ1) is 11.8. The Morgan fingerprint density at radius 3 is 2.24 bits per heavy atom. The fourth-order valence-electron chi connectivity index (χ4n) is 2.48. The van der Waals surface area contributed by atoms with Crippen molar-refractivity contribution in [1.29, 1.82) is 0 Å². The van der Waals surface area contributed by atoms with Gasteiger partial charge in [0.15, 0.2) is 11.6 Å². The molecule has 130 valence electrons. The van der Waals surface area contributed by atoms with Gasteiger partial charge < -0.3 is 10.2 Å². The Kier molecular flexibility index (Phi) is 5.49. The standard InChI is InChI=1S/C18H18N2O5/c1-10(21)15-11(2)25-18(16(15)17(19)24)20-14(23)9-8-13(22)12-6-4-3-5-7-12/h3-7H,8-9H2,1-2H3,(H2,19,24)(H,20,23). The minimum Gasteiger partial charge on any atom is -0.444 e. The summed E-state index contributed by atoms with van der Waals surface area (Å²) in [6.07, 6.45) is -0.0951. The molecule has 0 unspecified atom stereocenters. The third-order valence-corrected chi connectivity index (χ3v) is 3.61. The van der Waals surface area contributed by atoms with Gasteiger partial charge in [0.2, 0.25) is 11.8 Å². The molecule has 2 rings (SSSR count). The molecular formula is C18H18N2O5. The highest BCUT2D eigenvalue weighted by Crippen LogP contribution is 2.27. The van der Waals surface area contributed by atoms with E-state index in [1.54, 1.807) is 30.3 Å². The summed E-state index contributed by atoms with van der Waals surface area (Å²) < 4.78 is 5.29. The van der Waals surface area contributed by atoms with E-state index < -0.39 is 17.6 Å². The maximum Gasteiger partial charge on any atom is 0.255 e. The molecule has 0 radical (unpaired) electrons. The number of carbonyl (C=O) groups excluding carboxylic acids is 4. The van der Waals surface area contributed by atoms with Gasteiger partial charge in [-0.25, -0.2) is 0 Å². The summed E-state index contributed by atoms with van der Waals surface area (Å²) in [5, 5.41) is 2.40. The Morgan fingerprint density at radius 1 is 1.04 bits per heavy atom. The van der Waals surface area contributed by atoms with Crippen LogP contribution in [-0.2, 0) is 4.79 Å².